The molecule has 19 heavy (non-hydrogen) atoms. The van der Waals surface area contributed by atoms with Crippen LogP contribution in [0.3, 0.4) is 0 Å². The van der Waals surface area contributed by atoms with E-state index in [1.807, 2.05) is 6.07 Å². The number of imidazole rings is 1. The van der Waals surface area contributed by atoms with Crippen LogP contribution < -0.4 is 0 Å². The van der Waals surface area contributed by atoms with Crippen LogP contribution in [0.2, 0.25) is 0 Å². The highest BCUT2D eigenvalue weighted by atomic mass is 16.5. The van der Waals surface area contributed by atoms with Crippen LogP contribution in [-0.2, 0) is 4.74 Å². The van der Waals surface area contributed by atoms with E-state index in [1.165, 1.54) is 0 Å². The van der Waals surface area contributed by atoms with Crippen molar-refractivity contribution in [2.75, 3.05) is 26.3 Å². The van der Waals surface area contributed by atoms with Crippen LogP contribution in [0.5, 0.6) is 0 Å². The van der Waals surface area contributed by atoms with E-state index in [0.29, 0.717) is 25.3 Å². The predicted octanol–water partition coefficient (Wildman–Crippen LogP) is 0.396. The zero-order valence-electron chi connectivity index (χ0n) is 10.4. The summed E-state index contributed by atoms with van der Waals surface area (Å²) in [6.45, 7) is 1.37. The number of benzene rings is 1. The molecule has 3 rings (SSSR count). The van der Waals surface area contributed by atoms with Gasteiger partial charge in [-0.25, -0.2) is 4.98 Å². The number of fused-ring (bicyclic) bond motifs is 1. The molecule has 1 aromatic carbocycles. The second kappa shape index (κ2) is 4.99. The van der Waals surface area contributed by atoms with Crippen molar-refractivity contribution in [1.29, 1.82) is 0 Å². The van der Waals surface area contributed by atoms with Gasteiger partial charge in [-0.05, 0) is 18.2 Å². The topological polar surface area (TPSA) is 78.5 Å². The number of amides is 1. The van der Waals surface area contributed by atoms with Crippen molar-refractivity contribution in [3.63, 3.8) is 0 Å². The number of carbonyl (C=O) groups excluding carboxylic acids is 1. The third kappa shape index (κ3) is 2.32. The zero-order chi connectivity index (χ0) is 13.2. The lowest BCUT2D eigenvalue weighted by Gasteiger charge is -2.32. The predicted molar refractivity (Wildman–Crippen MR) is 68.8 cm³/mol. The number of nitrogens with zero attached hydrogens (tertiary/aromatic N) is 2. The van der Waals surface area contributed by atoms with Gasteiger partial charge in [0.05, 0.1) is 36.7 Å². The van der Waals surface area contributed by atoms with Gasteiger partial charge >= 0.3 is 0 Å². The van der Waals surface area contributed by atoms with Gasteiger partial charge in [-0.1, -0.05) is 0 Å². The van der Waals surface area contributed by atoms with Crippen molar-refractivity contribution >= 4 is 16.9 Å². The number of carbonyl (C=O) groups is 1. The molecule has 0 bridgehead atoms. The number of aromatic nitrogens is 2. The van der Waals surface area contributed by atoms with Crippen molar-refractivity contribution in [1.82, 2.24) is 14.9 Å². The monoisotopic (exact) mass is 261 g/mol. The van der Waals surface area contributed by atoms with Gasteiger partial charge in [-0.15, -0.1) is 0 Å². The first kappa shape index (κ1) is 12.1. The van der Waals surface area contributed by atoms with Crippen molar-refractivity contribution in [3.05, 3.63) is 30.1 Å². The summed E-state index contributed by atoms with van der Waals surface area (Å²) in [6.07, 6.45) is 1.32. The SMILES string of the molecule is O=C(c1ccc2nc[nH]c2c1)N1CCOC(CO)C1. The van der Waals surface area contributed by atoms with Gasteiger partial charge in [0.1, 0.15) is 0 Å². The molecule has 1 amide bonds. The van der Waals surface area contributed by atoms with Crippen LogP contribution in [0.4, 0.5) is 0 Å². The maximum Gasteiger partial charge on any atom is 0.254 e. The number of aromatic amines is 1. The van der Waals surface area contributed by atoms with E-state index in [-0.39, 0.29) is 18.6 Å². The zero-order valence-corrected chi connectivity index (χ0v) is 10.4. The van der Waals surface area contributed by atoms with E-state index in [1.54, 1.807) is 23.4 Å². The van der Waals surface area contributed by atoms with E-state index >= 15 is 0 Å². The molecular weight excluding hydrogens is 246 g/mol. The third-order valence-corrected chi connectivity index (χ3v) is 3.30. The highest BCUT2D eigenvalue weighted by molar-refractivity contribution is 5.97. The summed E-state index contributed by atoms with van der Waals surface area (Å²) >= 11 is 0. The Morgan fingerprint density at radius 1 is 1.58 bits per heavy atom. The first-order chi connectivity index (χ1) is 9.28. The van der Waals surface area contributed by atoms with Crippen LogP contribution in [0, 0.1) is 0 Å². The van der Waals surface area contributed by atoms with Gasteiger partial charge < -0.3 is 19.7 Å². The highest BCUT2D eigenvalue weighted by Gasteiger charge is 2.24. The summed E-state index contributed by atoms with van der Waals surface area (Å²) in [5, 5.41) is 9.10. The number of aliphatic hydroxyl groups is 1. The summed E-state index contributed by atoms with van der Waals surface area (Å²) in [4.78, 5) is 21.2. The Morgan fingerprint density at radius 3 is 3.32 bits per heavy atom. The maximum absolute atomic E-state index is 12.4. The van der Waals surface area contributed by atoms with Gasteiger partial charge in [-0.3, -0.25) is 4.79 Å². The fourth-order valence-corrected chi connectivity index (χ4v) is 2.27. The molecule has 2 heterocycles. The van der Waals surface area contributed by atoms with Crippen molar-refractivity contribution < 1.29 is 14.6 Å². The Bertz CT molecular complexity index is 596. The molecule has 0 aliphatic carbocycles. The second-order valence-corrected chi connectivity index (χ2v) is 4.56. The average molecular weight is 261 g/mol. The van der Waals surface area contributed by atoms with E-state index in [4.69, 9.17) is 9.84 Å². The highest BCUT2D eigenvalue weighted by Crippen LogP contribution is 2.15. The lowest BCUT2D eigenvalue weighted by Crippen LogP contribution is -2.46. The van der Waals surface area contributed by atoms with Gasteiger partial charge in [0.15, 0.2) is 0 Å². The molecule has 1 aliphatic rings. The molecule has 1 unspecified atom stereocenters. The van der Waals surface area contributed by atoms with Crippen molar-refractivity contribution in [2.24, 2.45) is 0 Å². The van der Waals surface area contributed by atoms with E-state index in [9.17, 15) is 4.79 Å². The lowest BCUT2D eigenvalue weighted by atomic mass is 10.1. The average Bonchev–Trinajstić information content (AvgIpc) is 2.94. The Labute approximate surface area is 110 Å². The molecule has 1 saturated heterocycles. The van der Waals surface area contributed by atoms with Gasteiger partial charge in [-0.2, -0.15) is 0 Å². The number of hydrogen-bond acceptors (Lipinski definition) is 4. The van der Waals surface area contributed by atoms with E-state index in [0.717, 1.165) is 11.0 Å². The molecule has 1 fully saturated rings. The maximum atomic E-state index is 12.4. The Balaban J connectivity index is 1.82. The smallest absolute Gasteiger partial charge is 0.254 e. The molecule has 1 aliphatic heterocycles. The Kier molecular flexibility index (Phi) is 3.18. The first-order valence-electron chi connectivity index (χ1n) is 6.23. The number of rotatable bonds is 2. The molecule has 0 spiro atoms. The number of H-pyrrole nitrogens is 1. The Morgan fingerprint density at radius 2 is 2.47 bits per heavy atom. The number of ether oxygens (including phenoxy) is 1. The van der Waals surface area contributed by atoms with Gasteiger partial charge in [0.2, 0.25) is 0 Å². The summed E-state index contributed by atoms with van der Waals surface area (Å²) in [6, 6.07) is 5.39. The minimum absolute atomic E-state index is 0.0433. The molecule has 1 aromatic heterocycles. The third-order valence-electron chi connectivity index (χ3n) is 3.30. The number of morpholine rings is 1. The van der Waals surface area contributed by atoms with E-state index in [2.05, 4.69) is 9.97 Å². The van der Waals surface area contributed by atoms with Crippen LogP contribution in [0.15, 0.2) is 24.5 Å². The van der Waals surface area contributed by atoms with E-state index < -0.39 is 0 Å². The first-order valence-corrected chi connectivity index (χ1v) is 6.23. The van der Waals surface area contributed by atoms with Crippen molar-refractivity contribution in [3.8, 4) is 0 Å². The van der Waals surface area contributed by atoms with Gasteiger partial charge in [0.25, 0.3) is 5.91 Å². The molecule has 6 heteroatoms. The van der Waals surface area contributed by atoms with Gasteiger partial charge in [0, 0.05) is 18.7 Å². The molecule has 6 nitrogen and oxygen atoms in total. The quantitative estimate of drug-likeness (QED) is 0.820. The molecule has 1 atom stereocenters. The van der Waals surface area contributed by atoms with Crippen LogP contribution >= 0.6 is 0 Å². The number of aliphatic hydroxyl groups excluding tert-OH is 1. The molecular formula is C13H15N3O3. The fourth-order valence-electron chi connectivity index (χ4n) is 2.27. The fraction of sp³-hybridized carbons (Fsp3) is 0.385. The van der Waals surface area contributed by atoms with Crippen LogP contribution in [0.1, 0.15) is 10.4 Å². The summed E-state index contributed by atoms with van der Waals surface area (Å²) in [5.74, 6) is -0.0433. The standard InChI is InChI=1S/C13H15N3O3/c17-7-10-6-16(3-4-19-10)13(18)9-1-2-11-12(5-9)15-8-14-11/h1-2,5,8,10,17H,3-4,6-7H2,(H,14,15). The second-order valence-electron chi connectivity index (χ2n) is 4.56. The minimum Gasteiger partial charge on any atom is -0.394 e. The normalized spacial score (nSPS) is 19.8. The Hall–Kier alpha value is -1.92. The molecule has 0 saturated carbocycles. The molecule has 0 radical (unpaired) electrons. The molecule has 2 N–H and O–H groups in total. The lowest BCUT2D eigenvalue weighted by molar-refractivity contribution is -0.0447. The number of hydrogen-bond donors (Lipinski definition) is 2. The summed E-state index contributed by atoms with van der Waals surface area (Å²) in [5.41, 5.74) is 2.31. The summed E-state index contributed by atoms with van der Waals surface area (Å²) in [7, 11) is 0. The van der Waals surface area contributed by atoms with Crippen LogP contribution in [-0.4, -0.2) is 58.3 Å². The largest absolute Gasteiger partial charge is 0.394 e. The minimum atomic E-state index is -0.284. The molecule has 100 valence electrons. The number of nitrogens with one attached hydrogen (secondary N) is 1. The van der Waals surface area contributed by atoms with Crippen LogP contribution in [0.25, 0.3) is 11.0 Å². The molecule has 2 aromatic rings. The summed E-state index contributed by atoms with van der Waals surface area (Å²) < 4.78 is 5.34. The van der Waals surface area contributed by atoms with Crippen molar-refractivity contribution in [2.45, 2.75) is 6.10 Å².